The third-order valence-corrected chi connectivity index (χ3v) is 4.16. The fourth-order valence-electron chi connectivity index (χ4n) is 1.98. The Morgan fingerprint density at radius 3 is 2.50 bits per heavy atom. The lowest BCUT2D eigenvalue weighted by molar-refractivity contribution is -0.115. The molecule has 1 heterocycles. The number of benzene rings is 2. The number of aliphatic imine (C=N–C) groups is 1. The first kappa shape index (κ1) is 15.3. The van der Waals surface area contributed by atoms with Gasteiger partial charge in [0, 0.05) is 20.1 Å². The van der Waals surface area contributed by atoms with Gasteiger partial charge < -0.3 is 5.32 Å². The summed E-state index contributed by atoms with van der Waals surface area (Å²) in [6, 6.07) is 12.6. The molecule has 6 heteroatoms. The van der Waals surface area contributed by atoms with E-state index in [1.165, 1.54) is 0 Å². The SMILES string of the molecule is O=C1NC(c2ccc(Br)cc2)=N/C1=C\c1ccc(Cl)cc1Cl. The predicted octanol–water partition coefficient (Wildman–Crippen LogP) is 4.67. The van der Waals surface area contributed by atoms with Crippen molar-refractivity contribution in [3.05, 3.63) is 73.8 Å². The molecular formula is C16H9BrCl2N2O. The number of amidine groups is 1. The van der Waals surface area contributed by atoms with Crippen molar-refractivity contribution in [3.8, 4) is 0 Å². The lowest BCUT2D eigenvalue weighted by Crippen LogP contribution is -2.24. The van der Waals surface area contributed by atoms with Crippen molar-refractivity contribution >= 4 is 57.0 Å². The van der Waals surface area contributed by atoms with Crippen LogP contribution in [0.4, 0.5) is 0 Å². The Kier molecular flexibility index (Phi) is 4.34. The summed E-state index contributed by atoms with van der Waals surface area (Å²) >= 11 is 15.3. The number of hydrogen-bond acceptors (Lipinski definition) is 2. The Balaban J connectivity index is 1.95. The predicted molar refractivity (Wildman–Crippen MR) is 93.3 cm³/mol. The maximum absolute atomic E-state index is 12.0. The van der Waals surface area contributed by atoms with Crippen LogP contribution in [0.15, 0.2) is 57.6 Å². The monoisotopic (exact) mass is 394 g/mol. The van der Waals surface area contributed by atoms with Gasteiger partial charge in [0.05, 0.1) is 0 Å². The van der Waals surface area contributed by atoms with E-state index in [0.29, 0.717) is 27.1 Å². The standard InChI is InChI=1S/C16H9BrCl2N2O/c17-11-4-1-9(2-5-11)15-20-14(16(22)21-15)7-10-3-6-12(18)8-13(10)19/h1-8H,(H,20,21,22)/b14-7-. The zero-order valence-corrected chi connectivity index (χ0v) is 14.2. The molecule has 1 amide bonds. The summed E-state index contributed by atoms with van der Waals surface area (Å²) in [7, 11) is 0. The summed E-state index contributed by atoms with van der Waals surface area (Å²) in [4.78, 5) is 16.4. The topological polar surface area (TPSA) is 41.5 Å². The number of hydrogen-bond donors (Lipinski definition) is 1. The van der Waals surface area contributed by atoms with Crippen molar-refractivity contribution in [2.45, 2.75) is 0 Å². The van der Waals surface area contributed by atoms with Crippen molar-refractivity contribution in [1.29, 1.82) is 0 Å². The molecule has 22 heavy (non-hydrogen) atoms. The zero-order valence-electron chi connectivity index (χ0n) is 11.1. The Labute approximate surface area is 145 Å². The van der Waals surface area contributed by atoms with Gasteiger partial charge in [0.1, 0.15) is 11.5 Å². The van der Waals surface area contributed by atoms with Crippen LogP contribution < -0.4 is 5.32 Å². The van der Waals surface area contributed by atoms with Crippen molar-refractivity contribution in [1.82, 2.24) is 5.32 Å². The molecule has 0 unspecified atom stereocenters. The number of nitrogens with one attached hydrogen (secondary N) is 1. The van der Waals surface area contributed by atoms with Gasteiger partial charge in [-0.2, -0.15) is 0 Å². The first-order valence-electron chi connectivity index (χ1n) is 6.36. The van der Waals surface area contributed by atoms with Gasteiger partial charge in [-0.15, -0.1) is 0 Å². The van der Waals surface area contributed by atoms with Crippen LogP contribution in [0.25, 0.3) is 6.08 Å². The molecule has 0 fully saturated rings. The van der Waals surface area contributed by atoms with Crippen LogP contribution in [0.3, 0.4) is 0 Å². The fraction of sp³-hybridized carbons (Fsp3) is 0. The highest BCUT2D eigenvalue weighted by Gasteiger charge is 2.21. The molecule has 0 aliphatic carbocycles. The Bertz CT molecular complexity index is 813. The van der Waals surface area contributed by atoms with E-state index >= 15 is 0 Å². The summed E-state index contributed by atoms with van der Waals surface area (Å²) in [6.45, 7) is 0. The third kappa shape index (κ3) is 3.24. The van der Waals surface area contributed by atoms with Crippen molar-refractivity contribution < 1.29 is 4.79 Å². The lowest BCUT2D eigenvalue weighted by atomic mass is 10.2. The van der Waals surface area contributed by atoms with Gasteiger partial charge in [-0.25, -0.2) is 4.99 Å². The quantitative estimate of drug-likeness (QED) is 0.737. The maximum atomic E-state index is 12.0. The second-order valence-corrected chi connectivity index (χ2v) is 6.38. The smallest absolute Gasteiger partial charge is 0.275 e. The van der Waals surface area contributed by atoms with Gasteiger partial charge in [-0.1, -0.05) is 57.3 Å². The highest BCUT2D eigenvalue weighted by Crippen LogP contribution is 2.24. The van der Waals surface area contributed by atoms with Gasteiger partial charge in [-0.3, -0.25) is 4.79 Å². The van der Waals surface area contributed by atoms with E-state index < -0.39 is 0 Å². The van der Waals surface area contributed by atoms with Gasteiger partial charge in [0.25, 0.3) is 5.91 Å². The van der Waals surface area contributed by atoms with Crippen molar-refractivity contribution in [3.63, 3.8) is 0 Å². The van der Waals surface area contributed by atoms with Gasteiger partial charge in [0.2, 0.25) is 0 Å². The van der Waals surface area contributed by atoms with E-state index in [1.54, 1.807) is 24.3 Å². The average molecular weight is 396 g/mol. The molecule has 3 rings (SSSR count). The Hall–Kier alpha value is -1.62. The van der Waals surface area contributed by atoms with E-state index in [-0.39, 0.29) is 5.91 Å². The van der Waals surface area contributed by atoms with Crippen LogP contribution in [0.1, 0.15) is 11.1 Å². The maximum Gasteiger partial charge on any atom is 0.275 e. The molecule has 1 aliphatic rings. The molecular weight excluding hydrogens is 387 g/mol. The molecule has 1 N–H and O–H groups in total. The zero-order chi connectivity index (χ0) is 15.7. The van der Waals surface area contributed by atoms with Crippen LogP contribution in [0, 0.1) is 0 Å². The first-order valence-corrected chi connectivity index (χ1v) is 7.90. The van der Waals surface area contributed by atoms with Crippen molar-refractivity contribution in [2.24, 2.45) is 4.99 Å². The summed E-state index contributed by atoms with van der Waals surface area (Å²) in [6.07, 6.45) is 1.64. The molecule has 110 valence electrons. The largest absolute Gasteiger partial charge is 0.305 e. The Morgan fingerprint density at radius 2 is 1.82 bits per heavy atom. The molecule has 0 saturated heterocycles. The molecule has 0 bridgehead atoms. The van der Waals surface area contributed by atoms with E-state index in [9.17, 15) is 4.79 Å². The molecule has 0 saturated carbocycles. The second-order valence-electron chi connectivity index (χ2n) is 4.62. The Morgan fingerprint density at radius 1 is 1.09 bits per heavy atom. The van der Waals surface area contributed by atoms with Gasteiger partial charge in [0.15, 0.2) is 0 Å². The second kappa shape index (κ2) is 6.24. The first-order chi connectivity index (χ1) is 10.5. The van der Waals surface area contributed by atoms with E-state index in [2.05, 4.69) is 26.2 Å². The third-order valence-electron chi connectivity index (χ3n) is 3.07. The van der Waals surface area contributed by atoms with Crippen LogP contribution in [0.5, 0.6) is 0 Å². The molecule has 0 atom stereocenters. The molecule has 2 aromatic carbocycles. The molecule has 2 aromatic rings. The summed E-state index contributed by atoms with van der Waals surface area (Å²) < 4.78 is 0.963. The minimum Gasteiger partial charge on any atom is -0.305 e. The highest BCUT2D eigenvalue weighted by molar-refractivity contribution is 9.10. The lowest BCUT2D eigenvalue weighted by Gasteiger charge is -1.99. The average Bonchev–Trinajstić information content (AvgIpc) is 2.84. The van der Waals surface area contributed by atoms with Gasteiger partial charge in [-0.05, 0) is 35.9 Å². The van der Waals surface area contributed by atoms with E-state index in [0.717, 1.165) is 10.0 Å². The highest BCUT2D eigenvalue weighted by atomic mass is 79.9. The number of amides is 1. The number of carbonyl (C=O) groups is 1. The van der Waals surface area contributed by atoms with E-state index in [1.807, 2.05) is 24.3 Å². The number of rotatable bonds is 2. The summed E-state index contributed by atoms with van der Waals surface area (Å²) in [5.41, 5.74) is 1.83. The molecule has 0 aromatic heterocycles. The molecule has 0 radical (unpaired) electrons. The van der Waals surface area contributed by atoms with Crippen LogP contribution in [-0.2, 0) is 4.79 Å². The van der Waals surface area contributed by atoms with Crippen LogP contribution in [0.2, 0.25) is 10.0 Å². The minimum absolute atomic E-state index is 0.260. The number of carbonyl (C=O) groups excluding carboxylic acids is 1. The molecule has 1 aliphatic heterocycles. The van der Waals surface area contributed by atoms with E-state index in [4.69, 9.17) is 23.2 Å². The molecule has 0 spiro atoms. The van der Waals surface area contributed by atoms with Crippen LogP contribution in [-0.4, -0.2) is 11.7 Å². The normalized spacial score (nSPS) is 15.9. The number of halogens is 3. The summed E-state index contributed by atoms with van der Waals surface area (Å²) in [5, 5.41) is 3.77. The minimum atomic E-state index is -0.260. The van der Waals surface area contributed by atoms with Crippen molar-refractivity contribution in [2.75, 3.05) is 0 Å². The summed E-state index contributed by atoms with van der Waals surface area (Å²) in [5.74, 6) is 0.262. The van der Waals surface area contributed by atoms with Gasteiger partial charge >= 0.3 is 0 Å². The van der Waals surface area contributed by atoms with Crippen LogP contribution >= 0.6 is 39.1 Å². The number of nitrogens with zero attached hydrogens (tertiary/aromatic N) is 1. The molecule has 3 nitrogen and oxygen atoms in total. The fourth-order valence-corrected chi connectivity index (χ4v) is 2.71.